The first kappa shape index (κ1) is 20.1. The summed E-state index contributed by atoms with van der Waals surface area (Å²) in [5.41, 5.74) is -0.517. The third-order valence-corrected chi connectivity index (χ3v) is 4.98. The van der Waals surface area contributed by atoms with E-state index in [1.807, 2.05) is 27.7 Å². The van der Waals surface area contributed by atoms with Gasteiger partial charge in [-0.1, -0.05) is 27.7 Å². The van der Waals surface area contributed by atoms with Crippen LogP contribution in [-0.4, -0.2) is 44.5 Å². The molecule has 0 radical (unpaired) electrons. The normalized spacial score (nSPS) is 11.3. The van der Waals surface area contributed by atoms with E-state index in [2.05, 4.69) is 4.98 Å². The molecule has 0 saturated heterocycles. The Bertz CT molecular complexity index is 863. The molecule has 0 bridgehead atoms. The van der Waals surface area contributed by atoms with Gasteiger partial charge >= 0.3 is 5.97 Å². The highest BCUT2D eigenvalue weighted by Gasteiger charge is 2.23. The molecule has 0 saturated carbocycles. The van der Waals surface area contributed by atoms with Gasteiger partial charge in [-0.3, -0.25) is 14.2 Å². The summed E-state index contributed by atoms with van der Waals surface area (Å²) < 4.78 is 1.34. The Morgan fingerprint density at radius 3 is 2.38 bits per heavy atom. The molecular formula is C18H25N3O4S. The molecule has 0 unspecified atom stereocenters. The lowest BCUT2D eigenvalue weighted by Gasteiger charge is -2.23. The highest BCUT2D eigenvalue weighted by atomic mass is 32.1. The molecule has 1 N–H and O–H groups in total. The number of hydrogen-bond donors (Lipinski definition) is 1. The summed E-state index contributed by atoms with van der Waals surface area (Å²) in [6.07, 6.45) is 1.67. The van der Waals surface area contributed by atoms with Gasteiger partial charge in [-0.05, 0) is 12.8 Å². The van der Waals surface area contributed by atoms with Gasteiger partial charge in [-0.15, -0.1) is 11.3 Å². The van der Waals surface area contributed by atoms with Crippen molar-refractivity contribution in [3.05, 3.63) is 27.1 Å². The molecule has 2 rings (SSSR count). The first-order valence-electron chi connectivity index (χ1n) is 8.84. The summed E-state index contributed by atoms with van der Waals surface area (Å²) in [6, 6.07) is 0. The molecular weight excluding hydrogens is 354 g/mol. The quantitative estimate of drug-likeness (QED) is 0.761. The smallest absolute Gasteiger partial charge is 0.337 e. The second kappa shape index (κ2) is 8.44. The van der Waals surface area contributed by atoms with Crippen LogP contribution in [0.1, 0.15) is 62.6 Å². The van der Waals surface area contributed by atoms with Crippen LogP contribution in [0.3, 0.4) is 0 Å². The largest absolute Gasteiger partial charge is 0.478 e. The number of amides is 1. The second-order valence-electron chi connectivity index (χ2n) is 6.53. The molecule has 8 heteroatoms. The maximum absolute atomic E-state index is 13.0. The average Bonchev–Trinajstić information content (AvgIpc) is 3.01. The highest BCUT2D eigenvalue weighted by Crippen LogP contribution is 2.24. The van der Waals surface area contributed by atoms with Crippen molar-refractivity contribution in [3.63, 3.8) is 0 Å². The summed E-state index contributed by atoms with van der Waals surface area (Å²) in [5, 5.41) is 10.8. The molecule has 2 aromatic heterocycles. The van der Waals surface area contributed by atoms with E-state index >= 15 is 0 Å². The lowest BCUT2D eigenvalue weighted by molar-refractivity contribution is -0.132. The molecule has 0 aliphatic rings. The van der Waals surface area contributed by atoms with Gasteiger partial charge in [0.1, 0.15) is 17.2 Å². The Labute approximate surface area is 156 Å². The monoisotopic (exact) mass is 379 g/mol. The Kier molecular flexibility index (Phi) is 6.52. The van der Waals surface area contributed by atoms with E-state index in [-0.39, 0.29) is 29.3 Å². The standard InChI is InChI=1S/C18H25N3O4S/c1-5-7-20(8-6-2)13(22)9-21-15(11(3)4)19-16-14(17(21)23)12(10-26-16)18(24)25/h10-11H,5-9H2,1-4H3,(H,24,25). The van der Waals surface area contributed by atoms with E-state index < -0.39 is 11.5 Å². The van der Waals surface area contributed by atoms with Crippen molar-refractivity contribution in [3.8, 4) is 0 Å². The van der Waals surface area contributed by atoms with Crippen LogP contribution < -0.4 is 5.56 Å². The van der Waals surface area contributed by atoms with Gasteiger partial charge in [0.05, 0.1) is 10.9 Å². The summed E-state index contributed by atoms with van der Waals surface area (Å²) in [5.74, 6) is -0.876. The van der Waals surface area contributed by atoms with Gasteiger partial charge in [0.15, 0.2) is 0 Å². The Morgan fingerprint density at radius 1 is 1.27 bits per heavy atom. The van der Waals surface area contributed by atoms with E-state index in [1.165, 1.54) is 9.95 Å². The third kappa shape index (κ3) is 3.95. The van der Waals surface area contributed by atoms with Gasteiger partial charge in [0.25, 0.3) is 5.56 Å². The minimum atomic E-state index is -1.16. The molecule has 0 atom stereocenters. The molecule has 1 amide bonds. The molecule has 2 aromatic rings. The second-order valence-corrected chi connectivity index (χ2v) is 7.39. The molecule has 0 aliphatic carbocycles. The molecule has 7 nitrogen and oxygen atoms in total. The van der Waals surface area contributed by atoms with E-state index in [4.69, 9.17) is 0 Å². The predicted molar refractivity (Wildman–Crippen MR) is 102 cm³/mol. The fraction of sp³-hybridized carbons (Fsp3) is 0.556. The highest BCUT2D eigenvalue weighted by molar-refractivity contribution is 7.17. The zero-order chi connectivity index (χ0) is 19.4. The van der Waals surface area contributed by atoms with Crippen LogP contribution in [0, 0.1) is 0 Å². The maximum atomic E-state index is 13.0. The van der Waals surface area contributed by atoms with Crippen molar-refractivity contribution in [2.45, 2.75) is 53.0 Å². The number of hydrogen-bond acceptors (Lipinski definition) is 5. The lowest BCUT2D eigenvalue weighted by Crippen LogP contribution is -2.39. The number of aromatic nitrogens is 2. The molecule has 2 heterocycles. The van der Waals surface area contributed by atoms with Crippen molar-refractivity contribution in [1.82, 2.24) is 14.5 Å². The van der Waals surface area contributed by atoms with E-state index in [0.717, 1.165) is 24.2 Å². The topological polar surface area (TPSA) is 92.5 Å². The summed E-state index contributed by atoms with van der Waals surface area (Å²) >= 11 is 1.14. The summed E-state index contributed by atoms with van der Waals surface area (Å²) in [6.45, 7) is 8.94. The predicted octanol–water partition coefficient (Wildman–Crippen LogP) is 2.93. The number of rotatable bonds is 8. The lowest BCUT2D eigenvalue weighted by atomic mass is 10.1. The van der Waals surface area contributed by atoms with Crippen molar-refractivity contribution in [1.29, 1.82) is 0 Å². The van der Waals surface area contributed by atoms with Crippen LogP contribution in [0.2, 0.25) is 0 Å². The number of thiophene rings is 1. The minimum Gasteiger partial charge on any atom is -0.478 e. The number of carbonyl (C=O) groups excluding carboxylic acids is 1. The Morgan fingerprint density at radius 2 is 1.88 bits per heavy atom. The molecule has 142 valence electrons. The fourth-order valence-electron chi connectivity index (χ4n) is 2.93. The van der Waals surface area contributed by atoms with Crippen molar-refractivity contribution < 1.29 is 14.7 Å². The van der Waals surface area contributed by atoms with Crippen LogP contribution in [0.4, 0.5) is 0 Å². The molecule has 0 spiro atoms. The number of carboxylic acid groups (broad SMARTS) is 1. The van der Waals surface area contributed by atoms with Gasteiger partial charge in [0.2, 0.25) is 5.91 Å². The van der Waals surface area contributed by atoms with Crippen LogP contribution in [0.15, 0.2) is 10.2 Å². The summed E-state index contributed by atoms with van der Waals surface area (Å²) in [7, 11) is 0. The van der Waals surface area contributed by atoms with E-state index in [0.29, 0.717) is 23.7 Å². The fourth-order valence-corrected chi connectivity index (χ4v) is 3.84. The van der Waals surface area contributed by atoms with Crippen molar-refractivity contribution >= 4 is 33.4 Å². The van der Waals surface area contributed by atoms with Gasteiger partial charge < -0.3 is 10.0 Å². The number of aromatic carboxylic acids is 1. The number of fused-ring (bicyclic) bond motifs is 1. The van der Waals surface area contributed by atoms with Gasteiger partial charge in [-0.25, -0.2) is 9.78 Å². The van der Waals surface area contributed by atoms with Gasteiger partial charge in [-0.2, -0.15) is 0 Å². The first-order chi connectivity index (χ1) is 12.3. The third-order valence-electron chi connectivity index (χ3n) is 4.10. The Hall–Kier alpha value is -2.22. The van der Waals surface area contributed by atoms with Crippen LogP contribution in [0.25, 0.3) is 10.2 Å². The SMILES string of the molecule is CCCN(CCC)C(=O)Cn1c(C(C)C)nc2scc(C(=O)O)c2c1=O. The molecule has 26 heavy (non-hydrogen) atoms. The van der Waals surface area contributed by atoms with Crippen molar-refractivity contribution in [2.75, 3.05) is 13.1 Å². The van der Waals surface area contributed by atoms with E-state index in [9.17, 15) is 19.5 Å². The Balaban J connectivity index is 2.56. The van der Waals surface area contributed by atoms with Crippen LogP contribution >= 0.6 is 11.3 Å². The zero-order valence-corrected chi connectivity index (χ0v) is 16.4. The zero-order valence-electron chi connectivity index (χ0n) is 15.6. The molecule has 0 fully saturated rings. The maximum Gasteiger partial charge on any atom is 0.337 e. The molecule has 0 aliphatic heterocycles. The average molecular weight is 379 g/mol. The molecule has 0 aromatic carbocycles. The van der Waals surface area contributed by atoms with Crippen LogP contribution in [-0.2, 0) is 11.3 Å². The van der Waals surface area contributed by atoms with E-state index in [1.54, 1.807) is 4.90 Å². The number of carboxylic acids is 1. The number of carbonyl (C=O) groups is 2. The van der Waals surface area contributed by atoms with Crippen molar-refractivity contribution in [2.24, 2.45) is 0 Å². The number of nitrogens with zero attached hydrogens (tertiary/aromatic N) is 3. The summed E-state index contributed by atoms with van der Waals surface area (Å²) in [4.78, 5) is 43.8. The first-order valence-corrected chi connectivity index (χ1v) is 9.72. The van der Waals surface area contributed by atoms with Crippen LogP contribution in [0.5, 0.6) is 0 Å². The van der Waals surface area contributed by atoms with Gasteiger partial charge in [0, 0.05) is 24.4 Å². The minimum absolute atomic E-state index is 0.0574.